The van der Waals surface area contributed by atoms with Gasteiger partial charge in [0.25, 0.3) is 0 Å². The highest BCUT2D eigenvalue weighted by atomic mass is 35.5. The van der Waals surface area contributed by atoms with Gasteiger partial charge in [-0.05, 0) is 19.1 Å². The van der Waals surface area contributed by atoms with Crippen LogP contribution in [0.2, 0.25) is 5.02 Å². The lowest BCUT2D eigenvalue weighted by atomic mass is 10.2. The molecule has 0 aromatic heterocycles. The SMILES string of the molecule is CCOc1cccc(Cl)c1C(N)=NO. The van der Waals surface area contributed by atoms with Crippen molar-refractivity contribution in [2.75, 3.05) is 6.61 Å². The second-order valence-corrected chi connectivity index (χ2v) is 2.94. The van der Waals surface area contributed by atoms with Gasteiger partial charge < -0.3 is 15.7 Å². The van der Waals surface area contributed by atoms with Crippen LogP contribution in [0.4, 0.5) is 0 Å². The van der Waals surface area contributed by atoms with E-state index in [-0.39, 0.29) is 5.84 Å². The Morgan fingerprint density at radius 3 is 2.93 bits per heavy atom. The van der Waals surface area contributed by atoms with Crippen molar-refractivity contribution >= 4 is 17.4 Å². The van der Waals surface area contributed by atoms with Gasteiger partial charge in [-0.15, -0.1) is 0 Å². The van der Waals surface area contributed by atoms with Crippen molar-refractivity contribution in [1.82, 2.24) is 0 Å². The van der Waals surface area contributed by atoms with Gasteiger partial charge in [0.1, 0.15) is 5.75 Å². The molecular formula is C9H11ClN2O2. The van der Waals surface area contributed by atoms with Gasteiger partial charge in [-0.2, -0.15) is 0 Å². The molecule has 0 bridgehead atoms. The van der Waals surface area contributed by atoms with E-state index in [2.05, 4.69) is 5.16 Å². The third-order valence-corrected chi connectivity index (χ3v) is 1.95. The van der Waals surface area contributed by atoms with Gasteiger partial charge in [0.05, 0.1) is 17.2 Å². The van der Waals surface area contributed by atoms with Crippen LogP contribution in [0, 0.1) is 0 Å². The molecule has 0 radical (unpaired) electrons. The molecule has 1 aromatic rings. The van der Waals surface area contributed by atoms with Crippen molar-refractivity contribution in [3.05, 3.63) is 28.8 Å². The molecular weight excluding hydrogens is 204 g/mol. The predicted octanol–water partition coefficient (Wildman–Crippen LogP) is 1.83. The summed E-state index contributed by atoms with van der Waals surface area (Å²) in [6, 6.07) is 5.10. The quantitative estimate of drug-likeness (QED) is 0.349. The lowest BCUT2D eigenvalue weighted by molar-refractivity contribution is 0.317. The molecule has 14 heavy (non-hydrogen) atoms. The molecule has 0 saturated carbocycles. The van der Waals surface area contributed by atoms with Gasteiger partial charge in [-0.3, -0.25) is 0 Å². The molecule has 0 aliphatic heterocycles. The Balaban J connectivity index is 3.22. The van der Waals surface area contributed by atoms with Crippen molar-refractivity contribution in [3.63, 3.8) is 0 Å². The van der Waals surface area contributed by atoms with E-state index in [1.807, 2.05) is 6.92 Å². The molecule has 0 aliphatic carbocycles. The summed E-state index contributed by atoms with van der Waals surface area (Å²) >= 11 is 5.89. The number of hydrogen-bond acceptors (Lipinski definition) is 3. The van der Waals surface area contributed by atoms with Gasteiger partial charge in [0.15, 0.2) is 5.84 Å². The van der Waals surface area contributed by atoms with Crippen LogP contribution in [0.25, 0.3) is 0 Å². The minimum absolute atomic E-state index is 0.0564. The molecule has 5 heteroatoms. The first-order valence-electron chi connectivity index (χ1n) is 4.10. The normalized spacial score (nSPS) is 11.4. The molecule has 0 aliphatic rings. The van der Waals surface area contributed by atoms with E-state index in [1.165, 1.54) is 0 Å². The van der Waals surface area contributed by atoms with E-state index in [4.69, 9.17) is 27.3 Å². The summed E-state index contributed by atoms with van der Waals surface area (Å²) < 4.78 is 5.28. The Hall–Kier alpha value is -1.42. The number of hydrogen-bond donors (Lipinski definition) is 2. The summed E-state index contributed by atoms with van der Waals surface area (Å²) in [6.07, 6.45) is 0. The third-order valence-electron chi connectivity index (χ3n) is 1.64. The molecule has 0 fully saturated rings. The first kappa shape index (κ1) is 10.7. The minimum Gasteiger partial charge on any atom is -0.493 e. The first-order chi connectivity index (χ1) is 6.70. The highest BCUT2D eigenvalue weighted by Gasteiger charge is 2.11. The maximum absolute atomic E-state index is 8.55. The number of oxime groups is 1. The van der Waals surface area contributed by atoms with Crippen LogP contribution in [0.1, 0.15) is 12.5 Å². The number of rotatable bonds is 3. The monoisotopic (exact) mass is 214 g/mol. The van der Waals surface area contributed by atoms with Crippen LogP contribution in [0.3, 0.4) is 0 Å². The highest BCUT2D eigenvalue weighted by Crippen LogP contribution is 2.25. The van der Waals surface area contributed by atoms with Crippen LogP contribution in [0.5, 0.6) is 5.75 Å². The van der Waals surface area contributed by atoms with Crippen molar-refractivity contribution in [2.24, 2.45) is 10.9 Å². The minimum atomic E-state index is -0.0564. The van der Waals surface area contributed by atoms with Gasteiger partial charge in [0, 0.05) is 0 Å². The molecule has 4 nitrogen and oxygen atoms in total. The third kappa shape index (κ3) is 2.09. The smallest absolute Gasteiger partial charge is 0.175 e. The Morgan fingerprint density at radius 1 is 1.64 bits per heavy atom. The van der Waals surface area contributed by atoms with Crippen molar-refractivity contribution in [2.45, 2.75) is 6.92 Å². The van der Waals surface area contributed by atoms with Crippen LogP contribution >= 0.6 is 11.6 Å². The van der Waals surface area contributed by atoms with Crippen LogP contribution in [-0.4, -0.2) is 17.6 Å². The summed E-state index contributed by atoms with van der Waals surface area (Å²) in [7, 11) is 0. The topological polar surface area (TPSA) is 67.8 Å². The van der Waals surface area contributed by atoms with Gasteiger partial charge >= 0.3 is 0 Å². The van der Waals surface area contributed by atoms with E-state index in [0.29, 0.717) is 22.9 Å². The van der Waals surface area contributed by atoms with Crippen molar-refractivity contribution < 1.29 is 9.94 Å². The molecule has 0 unspecified atom stereocenters. The zero-order valence-electron chi connectivity index (χ0n) is 7.70. The predicted molar refractivity (Wildman–Crippen MR) is 55.1 cm³/mol. The molecule has 76 valence electrons. The van der Waals surface area contributed by atoms with Crippen LogP contribution < -0.4 is 10.5 Å². The average Bonchev–Trinajstić information content (AvgIpc) is 2.18. The summed E-state index contributed by atoms with van der Waals surface area (Å²) in [4.78, 5) is 0. The van der Waals surface area contributed by atoms with E-state index >= 15 is 0 Å². The van der Waals surface area contributed by atoms with E-state index < -0.39 is 0 Å². The largest absolute Gasteiger partial charge is 0.493 e. The maximum Gasteiger partial charge on any atom is 0.175 e. The number of ether oxygens (including phenoxy) is 1. The fourth-order valence-electron chi connectivity index (χ4n) is 1.08. The molecule has 0 heterocycles. The van der Waals surface area contributed by atoms with E-state index in [9.17, 15) is 0 Å². The number of amidine groups is 1. The van der Waals surface area contributed by atoms with Crippen LogP contribution in [-0.2, 0) is 0 Å². The second kappa shape index (κ2) is 4.72. The standard InChI is InChI=1S/C9H11ClN2O2/c1-2-14-7-5-3-4-6(10)8(7)9(11)12-13/h3-5,13H,2H2,1H3,(H2,11,12). The van der Waals surface area contributed by atoms with Gasteiger partial charge in [0.2, 0.25) is 0 Å². The number of nitrogens with two attached hydrogens (primary N) is 1. The Morgan fingerprint density at radius 2 is 2.36 bits per heavy atom. The van der Waals surface area contributed by atoms with Crippen LogP contribution in [0.15, 0.2) is 23.4 Å². The molecule has 1 rings (SSSR count). The fraction of sp³-hybridized carbons (Fsp3) is 0.222. The zero-order valence-corrected chi connectivity index (χ0v) is 8.45. The van der Waals surface area contributed by atoms with Gasteiger partial charge in [-0.25, -0.2) is 0 Å². The van der Waals surface area contributed by atoms with Crippen molar-refractivity contribution in [3.8, 4) is 5.75 Å². The number of nitrogens with zero attached hydrogens (tertiary/aromatic N) is 1. The summed E-state index contributed by atoms with van der Waals surface area (Å²) in [5.74, 6) is 0.453. The van der Waals surface area contributed by atoms with E-state index in [1.54, 1.807) is 18.2 Å². The molecule has 0 amide bonds. The second-order valence-electron chi connectivity index (χ2n) is 2.53. The Bertz CT molecular complexity index is 353. The molecule has 0 saturated heterocycles. The summed E-state index contributed by atoms with van der Waals surface area (Å²) in [6.45, 7) is 2.34. The average molecular weight is 215 g/mol. The van der Waals surface area contributed by atoms with Gasteiger partial charge in [-0.1, -0.05) is 22.8 Å². The lowest BCUT2D eigenvalue weighted by Gasteiger charge is -2.09. The summed E-state index contributed by atoms with van der Waals surface area (Å²) in [5.41, 5.74) is 5.88. The molecule has 0 spiro atoms. The Labute approximate surface area is 86.9 Å². The Kier molecular flexibility index (Phi) is 3.59. The first-order valence-corrected chi connectivity index (χ1v) is 4.47. The fourth-order valence-corrected chi connectivity index (χ4v) is 1.34. The molecule has 0 atom stereocenters. The van der Waals surface area contributed by atoms with E-state index in [0.717, 1.165) is 0 Å². The molecule has 1 aromatic carbocycles. The highest BCUT2D eigenvalue weighted by molar-refractivity contribution is 6.34. The lowest BCUT2D eigenvalue weighted by Crippen LogP contribution is -2.15. The molecule has 3 N–H and O–H groups in total. The maximum atomic E-state index is 8.55. The summed E-state index contributed by atoms with van der Waals surface area (Å²) in [5, 5.41) is 11.8. The zero-order chi connectivity index (χ0) is 10.6. The number of benzene rings is 1. The number of halogens is 1. The van der Waals surface area contributed by atoms with Crippen molar-refractivity contribution in [1.29, 1.82) is 0 Å².